The van der Waals surface area contributed by atoms with Gasteiger partial charge < -0.3 is 9.80 Å². The fourth-order valence-electron chi connectivity index (χ4n) is 1.56. The van der Waals surface area contributed by atoms with Gasteiger partial charge in [0.25, 0.3) is 5.69 Å². The standard InChI is InChI=1S/C11H17N3O2/c1-12(2)8-9-5-6-10(13(3)4)11(7-9)14(15)16/h5-7H,8H2,1-4H3. The smallest absolute Gasteiger partial charge is 0.292 e. The molecule has 0 aliphatic heterocycles. The molecule has 0 N–H and O–H groups in total. The van der Waals surface area contributed by atoms with Crippen molar-refractivity contribution in [1.29, 1.82) is 0 Å². The minimum atomic E-state index is -0.339. The van der Waals surface area contributed by atoms with Crippen molar-refractivity contribution in [3.63, 3.8) is 0 Å². The van der Waals surface area contributed by atoms with Crippen LogP contribution in [0, 0.1) is 10.1 Å². The highest BCUT2D eigenvalue weighted by Crippen LogP contribution is 2.27. The number of rotatable bonds is 4. The van der Waals surface area contributed by atoms with E-state index in [1.54, 1.807) is 31.1 Å². The molecule has 16 heavy (non-hydrogen) atoms. The Balaban J connectivity index is 3.12. The molecule has 0 atom stereocenters. The molecular weight excluding hydrogens is 206 g/mol. The van der Waals surface area contributed by atoms with Crippen molar-refractivity contribution < 1.29 is 4.92 Å². The fraction of sp³-hybridized carbons (Fsp3) is 0.455. The van der Waals surface area contributed by atoms with Crippen LogP contribution in [-0.2, 0) is 6.54 Å². The van der Waals surface area contributed by atoms with E-state index in [9.17, 15) is 10.1 Å². The lowest BCUT2D eigenvalue weighted by atomic mass is 10.1. The fourth-order valence-corrected chi connectivity index (χ4v) is 1.56. The predicted octanol–water partition coefficient (Wildman–Crippen LogP) is 1.72. The number of hydrogen-bond acceptors (Lipinski definition) is 4. The molecule has 0 fully saturated rings. The van der Waals surface area contributed by atoms with E-state index in [2.05, 4.69) is 0 Å². The highest BCUT2D eigenvalue weighted by atomic mass is 16.6. The van der Waals surface area contributed by atoms with Crippen LogP contribution >= 0.6 is 0 Å². The molecule has 1 aromatic rings. The van der Waals surface area contributed by atoms with Crippen LogP contribution in [0.15, 0.2) is 18.2 Å². The minimum absolute atomic E-state index is 0.157. The first-order chi connectivity index (χ1) is 7.41. The zero-order chi connectivity index (χ0) is 12.3. The van der Waals surface area contributed by atoms with Gasteiger partial charge in [0.1, 0.15) is 5.69 Å². The number of nitro groups is 1. The minimum Gasteiger partial charge on any atom is -0.372 e. The normalized spacial score (nSPS) is 10.6. The molecule has 0 heterocycles. The summed E-state index contributed by atoms with van der Waals surface area (Å²) in [5.74, 6) is 0. The summed E-state index contributed by atoms with van der Waals surface area (Å²) in [6.07, 6.45) is 0. The Kier molecular flexibility index (Phi) is 3.84. The predicted molar refractivity (Wildman–Crippen MR) is 64.8 cm³/mol. The Bertz CT molecular complexity index is 389. The lowest BCUT2D eigenvalue weighted by Crippen LogP contribution is -2.13. The molecule has 0 spiro atoms. The van der Waals surface area contributed by atoms with E-state index in [1.807, 2.05) is 25.1 Å². The van der Waals surface area contributed by atoms with E-state index < -0.39 is 0 Å². The third-order valence-electron chi connectivity index (χ3n) is 2.22. The zero-order valence-electron chi connectivity index (χ0n) is 10.1. The summed E-state index contributed by atoms with van der Waals surface area (Å²) >= 11 is 0. The van der Waals surface area contributed by atoms with Crippen molar-refractivity contribution in [2.24, 2.45) is 0 Å². The van der Waals surface area contributed by atoms with Gasteiger partial charge in [0.05, 0.1) is 4.92 Å². The maximum atomic E-state index is 10.9. The molecule has 0 amide bonds. The molecule has 0 unspecified atom stereocenters. The molecule has 0 radical (unpaired) electrons. The Morgan fingerprint density at radius 2 is 1.88 bits per heavy atom. The average molecular weight is 223 g/mol. The third kappa shape index (κ3) is 2.93. The van der Waals surface area contributed by atoms with E-state index in [4.69, 9.17) is 0 Å². The summed E-state index contributed by atoms with van der Waals surface area (Å²) in [6, 6.07) is 5.34. The first kappa shape index (κ1) is 12.4. The molecule has 88 valence electrons. The summed E-state index contributed by atoms with van der Waals surface area (Å²) in [5.41, 5.74) is 1.74. The van der Waals surface area contributed by atoms with E-state index in [1.165, 1.54) is 0 Å². The number of benzene rings is 1. The van der Waals surface area contributed by atoms with Crippen molar-refractivity contribution in [1.82, 2.24) is 4.90 Å². The Hall–Kier alpha value is -1.62. The Morgan fingerprint density at radius 1 is 1.25 bits per heavy atom. The first-order valence-electron chi connectivity index (χ1n) is 5.01. The Morgan fingerprint density at radius 3 is 2.31 bits per heavy atom. The van der Waals surface area contributed by atoms with Crippen molar-refractivity contribution in [3.8, 4) is 0 Å². The van der Waals surface area contributed by atoms with E-state index >= 15 is 0 Å². The van der Waals surface area contributed by atoms with Gasteiger partial charge in [-0.3, -0.25) is 10.1 Å². The molecule has 1 aromatic carbocycles. The molecule has 5 nitrogen and oxygen atoms in total. The third-order valence-corrected chi connectivity index (χ3v) is 2.22. The second-order valence-electron chi connectivity index (χ2n) is 4.21. The number of nitro benzene ring substituents is 1. The molecule has 0 bridgehead atoms. The summed E-state index contributed by atoms with van der Waals surface area (Å²) in [6.45, 7) is 0.703. The van der Waals surface area contributed by atoms with Crippen molar-refractivity contribution in [2.75, 3.05) is 33.1 Å². The van der Waals surface area contributed by atoms with E-state index in [-0.39, 0.29) is 10.6 Å². The summed E-state index contributed by atoms with van der Waals surface area (Å²) in [4.78, 5) is 14.3. The highest BCUT2D eigenvalue weighted by Gasteiger charge is 2.15. The molecule has 0 aliphatic carbocycles. The van der Waals surface area contributed by atoms with Crippen molar-refractivity contribution in [2.45, 2.75) is 6.54 Å². The van der Waals surface area contributed by atoms with Gasteiger partial charge in [-0.2, -0.15) is 0 Å². The maximum Gasteiger partial charge on any atom is 0.292 e. The van der Waals surface area contributed by atoms with Crippen LogP contribution in [0.4, 0.5) is 11.4 Å². The van der Waals surface area contributed by atoms with Crippen LogP contribution < -0.4 is 4.90 Å². The molecule has 0 aliphatic rings. The lowest BCUT2D eigenvalue weighted by molar-refractivity contribution is -0.384. The van der Waals surface area contributed by atoms with Crippen LogP contribution in [0.3, 0.4) is 0 Å². The quantitative estimate of drug-likeness (QED) is 0.576. The van der Waals surface area contributed by atoms with Crippen LogP contribution in [-0.4, -0.2) is 38.0 Å². The highest BCUT2D eigenvalue weighted by molar-refractivity contribution is 5.63. The molecule has 1 rings (SSSR count). The molecule has 0 aromatic heterocycles. The van der Waals surface area contributed by atoms with Crippen molar-refractivity contribution >= 4 is 11.4 Å². The lowest BCUT2D eigenvalue weighted by Gasteiger charge is -2.15. The monoisotopic (exact) mass is 223 g/mol. The zero-order valence-corrected chi connectivity index (χ0v) is 10.1. The van der Waals surface area contributed by atoms with Crippen LogP contribution in [0.5, 0.6) is 0 Å². The van der Waals surface area contributed by atoms with Crippen LogP contribution in [0.2, 0.25) is 0 Å². The molecule has 0 saturated heterocycles. The summed E-state index contributed by atoms with van der Waals surface area (Å²) in [5, 5.41) is 10.9. The van der Waals surface area contributed by atoms with Crippen LogP contribution in [0.25, 0.3) is 0 Å². The maximum absolute atomic E-state index is 10.9. The van der Waals surface area contributed by atoms with Gasteiger partial charge >= 0.3 is 0 Å². The molecular formula is C11H17N3O2. The summed E-state index contributed by atoms with van der Waals surface area (Å²) < 4.78 is 0. The summed E-state index contributed by atoms with van der Waals surface area (Å²) in [7, 11) is 7.47. The second kappa shape index (κ2) is 4.94. The van der Waals surface area contributed by atoms with Gasteiger partial charge in [-0.1, -0.05) is 6.07 Å². The molecule has 0 saturated carbocycles. The van der Waals surface area contributed by atoms with E-state index in [0.717, 1.165) is 5.56 Å². The van der Waals surface area contributed by atoms with Crippen molar-refractivity contribution in [3.05, 3.63) is 33.9 Å². The second-order valence-corrected chi connectivity index (χ2v) is 4.21. The van der Waals surface area contributed by atoms with Gasteiger partial charge in [-0.15, -0.1) is 0 Å². The Labute approximate surface area is 95.4 Å². The SMILES string of the molecule is CN(C)Cc1ccc(N(C)C)c([N+](=O)[O-])c1. The van der Waals surface area contributed by atoms with E-state index in [0.29, 0.717) is 12.2 Å². The largest absolute Gasteiger partial charge is 0.372 e. The number of anilines is 1. The number of hydrogen-bond donors (Lipinski definition) is 0. The van der Waals surface area contributed by atoms with Gasteiger partial charge in [0.15, 0.2) is 0 Å². The van der Waals surface area contributed by atoms with Gasteiger partial charge in [-0.25, -0.2) is 0 Å². The van der Waals surface area contributed by atoms with Gasteiger partial charge in [-0.05, 0) is 25.7 Å². The van der Waals surface area contributed by atoms with Crippen LogP contribution in [0.1, 0.15) is 5.56 Å². The number of nitrogens with zero attached hydrogens (tertiary/aromatic N) is 3. The molecule has 5 heteroatoms. The van der Waals surface area contributed by atoms with Gasteiger partial charge in [0.2, 0.25) is 0 Å². The van der Waals surface area contributed by atoms with Gasteiger partial charge in [0, 0.05) is 26.7 Å². The topological polar surface area (TPSA) is 49.6 Å². The first-order valence-corrected chi connectivity index (χ1v) is 5.01. The average Bonchev–Trinajstić information content (AvgIpc) is 2.16.